The minimum atomic E-state index is -0.471. The van der Waals surface area contributed by atoms with Crippen molar-refractivity contribution in [2.75, 3.05) is 26.1 Å². The second-order valence-electron chi connectivity index (χ2n) is 10.3. The third-order valence-corrected chi connectivity index (χ3v) is 7.43. The van der Waals surface area contributed by atoms with E-state index < -0.39 is 11.9 Å². The Kier molecular flexibility index (Phi) is 11.6. The molecule has 0 radical (unpaired) electrons. The lowest BCUT2D eigenvalue weighted by Gasteiger charge is -2.23. The largest absolute Gasteiger partial charge is 0.492 e. The third-order valence-electron chi connectivity index (χ3n) is 6.72. The second-order valence-corrected chi connectivity index (χ2v) is 11.2. The van der Waals surface area contributed by atoms with Crippen LogP contribution in [0, 0.1) is 0 Å². The number of ether oxygens (including phenoxy) is 5. The van der Waals surface area contributed by atoms with E-state index in [4.69, 9.17) is 23.7 Å². The Morgan fingerprint density at radius 3 is 1.81 bits per heavy atom. The van der Waals surface area contributed by atoms with Gasteiger partial charge in [0.05, 0.1) is 13.2 Å². The molecule has 4 rings (SSSR count). The number of carbonyl (C=O) groups excluding carboxylic acids is 2. The van der Waals surface area contributed by atoms with Crippen LogP contribution in [0.5, 0.6) is 17.2 Å². The standard InChI is InChI=1S/C35H38O7S/c1-23(2)34(36)41-27-14-10-25(11-15-27)30-21-29(43-5)22-31(26-12-16-28(17-13-26)42-35(37)24(3)4)33(30)40-20-8-19-39-32-9-6-7-18-38-32/h10-17,21-22,32H,1,3,6-9,18-20H2,2,4-5H3. The summed E-state index contributed by atoms with van der Waals surface area (Å²) in [5.41, 5.74) is 4.26. The predicted molar refractivity (Wildman–Crippen MR) is 170 cm³/mol. The second kappa shape index (κ2) is 15.6. The van der Waals surface area contributed by atoms with E-state index in [1.165, 1.54) is 0 Å². The topological polar surface area (TPSA) is 80.3 Å². The van der Waals surface area contributed by atoms with E-state index in [2.05, 4.69) is 25.3 Å². The summed E-state index contributed by atoms with van der Waals surface area (Å²) in [5, 5.41) is 0. The molecule has 7 nitrogen and oxygen atoms in total. The van der Waals surface area contributed by atoms with Crippen molar-refractivity contribution in [1.29, 1.82) is 0 Å². The summed E-state index contributed by atoms with van der Waals surface area (Å²) in [6.07, 6.45) is 5.68. The molecule has 3 aromatic carbocycles. The van der Waals surface area contributed by atoms with Crippen LogP contribution < -0.4 is 14.2 Å². The molecular weight excluding hydrogens is 564 g/mol. The minimum absolute atomic E-state index is 0.143. The molecule has 3 aromatic rings. The van der Waals surface area contributed by atoms with Crippen LogP contribution in [0.1, 0.15) is 39.5 Å². The van der Waals surface area contributed by atoms with Gasteiger partial charge in [-0.05, 0) is 86.9 Å². The molecule has 8 heteroatoms. The van der Waals surface area contributed by atoms with Crippen molar-refractivity contribution in [3.05, 3.63) is 85.0 Å². The van der Waals surface area contributed by atoms with Gasteiger partial charge in [0.1, 0.15) is 17.2 Å². The molecule has 0 saturated carbocycles. The summed E-state index contributed by atoms with van der Waals surface area (Å²) in [6.45, 7) is 12.2. The number of rotatable bonds is 13. The van der Waals surface area contributed by atoms with Crippen molar-refractivity contribution in [3.8, 4) is 39.5 Å². The highest BCUT2D eigenvalue weighted by atomic mass is 32.2. The average molecular weight is 603 g/mol. The van der Waals surface area contributed by atoms with E-state index in [9.17, 15) is 9.59 Å². The van der Waals surface area contributed by atoms with E-state index in [0.717, 1.165) is 53.0 Å². The molecule has 1 aliphatic rings. The van der Waals surface area contributed by atoms with Crippen LogP contribution in [0.3, 0.4) is 0 Å². The van der Waals surface area contributed by atoms with Crippen LogP contribution in [-0.4, -0.2) is 44.3 Å². The van der Waals surface area contributed by atoms with Crippen molar-refractivity contribution in [2.45, 2.75) is 50.7 Å². The van der Waals surface area contributed by atoms with E-state index >= 15 is 0 Å². The van der Waals surface area contributed by atoms with Crippen molar-refractivity contribution >= 4 is 23.7 Å². The first kappa shape index (κ1) is 32.1. The maximum Gasteiger partial charge on any atom is 0.338 e. The van der Waals surface area contributed by atoms with Gasteiger partial charge in [0.2, 0.25) is 0 Å². The third kappa shape index (κ3) is 9.07. The van der Waals surface area contributed by atoms with Gasteiger partial charge in [0.25, 0.3) is 0 Å². The number of carbonyl (C=O) groups is 2. The lowest BCUT2D eigenvalue weighted by Crippen LogP contribution is -2.23. The molecule has 0 bridgehead atoms. The zero-order valence-electron chi connectivity index (χ0n) is 25.0. The van der Waals surface area contributed by atoms with Crippen molar-refractivity contribution in [3.63, 3.8) is 0 Å². The van der Waals surface area contributed by atoms with Crippen LogP contribution in [0.25, 0.3) is 22.3 Å². The molecule has 0 N–H and O–H groups in total. The van der Waals surface area contributed by atoms with E-state index in [0.29, 0.717) is 48.0 Å². The van der Waals surface area contributed by atoms with Gasteiger partial charge in [-0.2, -0.15) is 0 Å². The molecule has 1 aliphatic heterocycles. The first-order chi connectivity index (χ1) is 20.7. The summed E-state index contributed by atoms with van der Waals surface area (Å²) in [7, 11) is 0. The van der Waals surface area contributed by atoms with Crippen LogP contribution in [-0.2, 0) is 19.1 Å². The number of hydrogen-bond donors (Lipinski definition) is 0. The summed E-state index contributed by atoms with van der Waals surface area (Å²) in [5.74, 6) is 0.637. The maximum atomic E-state index is 12.0. The molecule has 1 atom stereocenters. The smallest absolute Gasteiger partial charge is 0.338 e. The molecule has 0 aliphatic carbocycles. The normalized spacial score (nSPS) is 14.5. The van der Waals surface area contributed by atoms with Crippen LogP contribution in [0.4, 0.5) is 0 Å². The van der Waals surface area contributed by atoms with Crippen molar-refractivity contribution in [2.24, 2.45) is 0 Å². The van der Waals surface area contributed by atoms with Gasteiger partial charge in [-0.1, -0.05) is 37.4 Å². The maximum absolute atomic E-state index is 12.0. The predicted octanol–water partition coefficient (Wildman–Crippen LogP) is 8.02. The molecule has 0 spiro atoms. The number of benzene rings is 3. The SMILES string of the molecule is C=C(C)C(=O)Oc1ccc(-c2cc(SC)cc(-c3ccc(OC(=O)C(=C)C)cc3)c2OCCCOC2CCCCO2)cc1. The summed E-state index contributed by atoms with van der Waals surface area (Å²) < 4.78 is 28.9. The highest BCUT2D eigenvalue weighted by Gasteiger charge is 2.18. The Morgan fingerprint density at radius 1 is 0.837 bits per heavy atom. The molecule has 1 unspecified atom stereocenters. The van der Waals surface area contributed by atoms with E-state index in [1.807, 2.05) is 30.5 Å². The first-order valence-corrected chi connectivity index (χ1v) is 15.5. The molecule has 1 saturated heterocycles. The zero-order chi connectivity index (χ0) is 30.8. The van der Waals surface area contributed by atoms with E-state index in [1.54, 1.807) is 49.9 Å². The highest BCUT2D eigenvalue weighted by molar-refractivity contribution is 7.98. The summed E-state index contributed by atoms with van der Waals surface area (Å²) in [4.78, 5) is 25.0. The Hall–Kier alpha value is -3.85. The zero-order valence-corrected chi connectivity index (χ0v) is 25.8. The van der Waals surface area contributed by atoms with Crippen LogP contribution in [0.15, 0.2) is 89.9 Å². The highest BCUT2D eigenvalue weighted by Crippen LogP contribution is 2.43. The summed E-state index contributed by atoms with van der Waals surface area (Å²) in [6, 6.07) is 18.8. The van der Waals surface area contributed by atoms with Crippen molar-refractivity contribution in [1.82, 2.24) is 0 Å². The molecule has 0 aromatic heterocycles. The molecule has 43 heavy (non-hydrogen) atoms. The fraction of sp³-hybridized carbons (Fsp3) is 0.314. The number of thioether (sulfide) groups is 1. The summed E-state index contributed by atoms with van der Waals surface area (Å²) >= 11 is 1.62. The fourth-order valence-electron chi connectivity index (χ4n) is 4.39. The molecule has 1 heterocycles. The molecule has 0 amide bonds. The lowest BCUT2D eigenvalue weighted by molar-refractivity contribution is -0.163. The molecule has 226 valence electrons. The first-order valence-electron chi connectivity index (χ1n) is 14.3. The Balaban J connectivity index is 1.63. The quantitative estimate of drug-likeness (QED) is 0.0640. The van der Waals surface area contributed by atoms with Gasteiger partial charge in [0.15, 0.2) is 6.29 Å². The fourth-order valence-corrected chi connectivity index (χ4v) is 4.86. The number of hydrogen-bond acceptors (Lipinski definition) is 8. The van der Waals surface area contributed by atoms with Gasteiger partial charge in [0, 0.05) is 40.2 Å². The van der Waals surface area contributed by atoms with Gasteiger partial charge in [-0.25, -0.2) is 9.59 Å². The number of esters is 2. The Labute approximate surface area is 257 Å². The molecular formula is C35H38O7S. The van der Waals surface area contributed by atoms with Gasteiger partial charge >= 0.3 is 11.9 Å². The van der Waals surface area contributed by atoms with E-state index in [-0.39, 0.29) is 6.29 Å². The monoisotopic (exact) mass is 602 g/mol. The van der Waals surface area contributed by atoms with Crippen molar-refractivity contribution < 1.29 is 33.3 Å². The van der Waals surface area contributed by atoms with Crippen LogP contribution >= 0.6 is 11.8 Å². The lowest BCUT2D eigenvalue weighted by atomic mass is 9.97. The van der Waals surface area contributed by atoms with Gasteiger partial charge < -0.3 is 23.7 Å². The Bertz CT molecular complexity index is 1350. The minimum Gasteiger partial charge on any atom is -0.492 e. The average Bonchev–Trinajstić information content (AvgIpc) is 3.02. The van der Waals surface area contributed by atoms with Crippen LogP contribution in [0.2, 0.25) is 0 Å². The molecule has 1 fully saturated rings. The van der Waals surface area contributed by atoms with Gasteiger partial charge in [-0.15, -0.1) is 11.8 Å². The Morgan fingerprint density at radius 2 is 1.37 bits per heavy atom. The van der Waals surface area contributed by atoms with Gasteiger partial charge in [-0.3, -0.25) is 0 Å².